The Bertz CT molecular complexity index is 482. The highest BCUT2D eigenvalue weighted by Gasteiger charge is 2.15. The molecule has 1 rings (SSSR count). The van der Waals surface area contributed by atoms with Crippen LogP contribution in [0.25, 0.3) is 0 Å². The minimum absolute atomic E-state index is 0.667. The first-order valence-corrected chi connectivity index (χ1v) is 7.08. The number of sulfonamides is 1. The standard InChI is InChI=1S/C10H14BrNO2S/c1-7-5-9(11)10(6-8(7)2)12(3)15(4,13)14/h5-6H,1-4H3. The molecule has 0 aliphatic rings. The summed E-state index contributed by atoms with van der Waals surface area (Å²) in [7, 11) is -1.66. The van der Waals surface area contributed by atoms with Crippen molar-refractivity contribution >= 4 is 31.6 Å². The maximum atomic E-state index is 11.4. The van der Waals surface area contributed by atoms with Crippen LogP contribution in [0.5, 0.6) is 0 Å². The lowest BCUT2D eigenvalue weighted by molar-refractivity contribution is 0.600. The lowest BCUT2D eigenvalue weighted by atomic mass is 10.1. The van der Waals surface area contributed by atoms with Crippen LogP contribution >= 0.6 is 15.9 Å². The highest BCUT2D eigenvalue weighted by atomic mass is 79.9. The van der Waals surface area contributed by atoms with Crippen LogP contribution in [0.3, 0.4) is 0 Å². The molecule has 0 aromatic heterocycles. The second-order valence-corrected chi connectivity index (χ2v) is 6.49. The van der Waals surface area contributed by atoms with Crippen LogP contribution in [0.1, 0.15) is 11.1 Å². The fraction of sp³-hybridized carbons (Fsp3) is 0.400. The van der Waals surface area contributed by atoms with E-state index in [-0.39, 0.29) is 0 Å². The summed E-state index contributed by atoms with van der Waals surface area (Å²) >= 11 is 3.37. The zero-order valence-electron chi connectivity index (χ0n) is 9.20. The van der Waals surface area contributed by atoms with Gasteiger partial charge in [0.05, 0.1) is 11.9 Å². The lowest BCUT2D eigenvalue weighted by Crippen LogP contribution is -2.25. The zero-order chi connectivity index (χ0) is 11.8. The first-order chi connectivity index (χ1) is 6.73. The van der Waals surface area contributed by atoms with E-state index in [1.807, 2.05) is 26.0 Å². The van der Waals surface area contributed by atoms with Crippen LogP contribution in [0, 0.1) is 13.8 Å². The van der Waals surface area contributed by atoms with Gasteiger partial charge in [-0.1, -0.05) is 0 Å². The molecule has 0 atom stereocenters. The summed E-state index contributed by atoms with van der Waals surface area (Å²) in [5.41, 5.74) is 2.87. The molecule has 84 valence electrons. The number of rotatable bonds is 2. The van der Waals surface area contributed by atoms with Crippen LogP contribution in [0.2, 0.25) is 0 Å². The van der Waals surface area contributed by atoms with Gasteiger partial charge in [-0.3, -0.25) is 4.31 Å². The Balaban J connectivity index is 3.33. The summed E-state index contributed by atoms with van der Waals surface area (Å²) in [5.74, 6) is 0. The molecule has 0 radical (unpaired) electrons. The summed E-state index contributed by atoms with van der Waals surface area (Å²) < 4.78 is 24.8. The van der Waals surface area contributed by atoms with Crippen molar-refractivity contribution in [1.82, 2.24) is 0 Å². The third kappa shape index (κ3) is 2.72. The molecule has 0 aliphatic heterocycles. The summed E-state index contributed by atoms with van der Waals surface area (Å²) in [4.78, 5) is 0. The molecule has 0 saturated carbocycles. The first kappa shape index (κ1) is 12.5. The van der Waals surface area contributed by atoms with Gasteiger partial charge in [-0.05, 0) is 53.0 Å². The molecule has 0 amide bonds. The van der Waals surface area contributed by atoms with E-state index < -0.39 is 10.0 Å². The number of hydrogen-bond donors (Lipinski definition) is 0. The van der Waals surface area contributed by atoms with Crippen molar-refractivity contribution in [1.29, 1.82) is 0 Å². The van der Waals surface area contributed by atoms with Crippen molar-refractivity contribution < 1.29 is 8.42 Å². The second kappa shape index (κ2) is 4.14. The van der Waals surface area contributed by atoms with Gasteiger partial charge in [-0.25, -0.2) is 8.42 Å². The summed E-state index contributed by atoms with van der Waals surface area (Å²) in [6, 6.07) is 3.78. The molecule has 15 heavy (non-hydrogen) atoms. The van der Waals surface area contributed by atoms with Gasteiger partial charge in [0, 0.05) is 11.5 Å². The third-order valence-electron chi connectivity index (χ3n) is 2.40. The van der Waals surface area contributed by atoms with E-state index >= 15 is 0 Å². The Morgan fingerprint density at radius 2 is 1.67 bits per heavy atom. The van der Waals surface area contributed by atoms with Crippen LogP contribution in [-0.2, 0) is 10.0 Å². The third-order valence-corrected chi connectivity index (χ3v) is 4.23. The van der Waals surface area contributed by atoms with Crippen molar-refractivity contribution in [3.8, 4) is 0 Å². The van der Waals surface area contributed by atoms with Crippen molar-refractivity contribution in [2.75, 3.05) is 17.6 Å². The fourth-order valence-corrected chi connectivity index (χ4v) is 2.54. The van der Waals surface area contributed by atoms with Crippen molar-refractivity contribution in [3.05, 3.63) is 27.7 Å². The van der Waals surface area contributed by atoms with E-state index in [0.717, 1.165) is 15.6 Å². The molecule has 3 nitrogen and oxygen atoms in total. The highest BCUT2D eigenvalue weighted by molar-refractivity contribution is 9.10. The molecule has 1 aromatic carbocycles. The Morgan fingerprint density at radius 1 is 1.20 bits per heavy atom. The van der Waals surface area contributed by atoms with Crippen molar-refractivity contribution in [2.45, 2.75) is 13.8 Å². The average molecular weight is 292 g/mol. The van der Waals surface area contributed by atoms with E-state index in [2.05, 4.69) is 15.9 Å². The predicted octanol–water partition coefficient (Wildman–Crippen LogP) is 2.46. The zero-order valence-corrected chi connectivity index (χ0v) is 11.6. The van der Waals surface area contributed by atoms with Gasteiger partial charge >= 0.3 is 0 Å². The van der Waals surface area contributed by atoms with E-state index in [9.17, 15) is 8.42 Å². The number of aryl methyl sites for hydroxylation is 2. The van der Waals surface area contributed by atoms with Crippen LogP contribution in [0.4, 0.5) is 5.69 Å². The molecule has 0 aliphatic carbocycles. The number of anilines is 1. The molecule has 1 aromatic rings. The van der Waals surface area contributed by atoms with Gasteiger partial charge in [-0.15, -0.1) is 0 Å². The Hall–Kier alpha value is -0.550. The van der Waals surface area contributed by atoms with Crippen LogP contribution in [0.15, 0.2) is 16.6 Å². The molecule has 0 fully saturated rings. The van der Waals surface area contributed by atoms with Gasteiger partial charge in [0.25, 0.3) is 0 Å². The molecular formula is C10H14BrNO2S. The molecule has 0 bridgehead atoms. The van der Waals surface area contributed by atoms with E-state index in [0.29, 0.717) is 5.69 Å². The molecule has 0 heterocycles. The minimum Gasteiger partial charge on any atom is -0.272 e. The maximum Gasteiger partial charge on any atom is 0.232 e. The van der Waals surface area contributed by atoms with Gasteiger partial charge in [0.1, 0.15) is 0 Å². The fourth-order valence-electron chi connectivity index (χ4n) is 1.19. The minimum atomic E-state index is -3.20. The van der Waals surface area contributed by atoms with E-state index in [1.54, 1.807) is 7.05 Å². The highest BCUT2D eigenvalue weighted by Crippen LogP contribution is 2.29. The monoisotopic (exact) mass is 291 g/mol. The molecule has 0 unspecified atom stereocenters. The van der Waals surface area contributed by atoms with Crippen LogP contribution in [-0.4, -0.2) is 21.7 Å². The summed E-state index contributed by atoms with van der Waals surface area (Å²) in [5, 5.41) is 0. The largest absolute Gasteiger partial charge is 0.272 e. The van der Waals surface area contributed by atoms with Gasteiger partial charge in [0.15, 0.2) is 0 Å². The lowest BCUT2D eigenvalue weighted by Gasteiger charge is -2.19. The Labute approximate surface area is 99.3 Å². The van der Waals surface area contributed by atoms with E-state index in [4.69, 9.17) is 0 Å². The first-order valence-electron chi connectivity index (χ1n) is 4.44. The van der Waals surface area contributed by atoms with Crippen molar-refractivity contribution in [2.24, 2.45) is 0 Å². The number of hydrogen-bond acceptors (Lipinski definition) is 2. The second-order valence-electron chi connectivity index (χ2n) is 3.62. The Kier molecular flexibility index (Phi) is 3.45. The topological polar surface area (TPSA) is 37.4 Å². The molecule has 5 heteroatoms. The normalized spacial score (nSPS) is 11.5. The number of nitrogens with zero attached hydrogens (tertiary/aromatic N) is 1. The molecule has 0 saturated heterocycles. The number of halogens is 1. The Morgan fingerprint density at radius 3 is 2.13 bits per heavy atom. The predicted molar refractivity (Wildman–Crippen MR) is 66.9 cm³/mol. The van der Waals surface area contributed by atoms with Crippen molar-refractivity contribution in [3.63, 3.8) is 0 Å². The molecule has 0 spiro atoms. The average Bonchev–Trinajstić information content (AvgIpc) is 2.08. The smallest absolute Gasteiger partial charge is 0.232 e. The summed E-state index contributed by atoms with van der Waals surface area (Å²) in [6.45, 7) is 3.95. The van der Waals surface area contributed by atoms with Crippen LogP contribution < -0.4 is 4.31 Å². The van der Waals surface area contributed by atoms with Gasteiger partial charge in [-0.2, -0.15) is 0 Å². The number of benzene rings is 1. The maximum absolute atomic E-state index is 11.4. The molecular weight excluding hydrogens is 278 g/mol. The quantitative estimate of drug-likeness (QED) is 0.839. The van der Waals surface area contributed by atoms with Gasteiger partial charge in [0.2, 0.25) is 10.0 Å². The molecule has 0 N–H and O–H groups in total. The van der Waals surface area contributed by atoms with Gasteiger partial charge < -0.3 is 0 Å². The van der Waals surface area contributed by atoms with E-state index in [1.165, 1.54) is 10.6 Å². The summed E-state index contributed by atoms with van der Waals surface area (Å²) in [6.07, 6.45) is 1.19. The SMILES string of the molecule is Cc1cc(Br)c(N(C)S(C)(=O)=O)cc1C.